The smallest absolute Gasteiger partial charge is 0.445 e. The fraction of sp³-hybridized carbons (Fsp3) is 0. The molecule has 0 unspecified atom stereocenters. The third-order valence-corrected chi connectivity index (χ3v) is 3.19. The zero-order valence-corrected chi connectivity index (χ0v) is 15.0. The Morgan fingerprint density at radius 3 is 1.50 bits per heavy atom. The van der Waals surface area contributed by atoms with E-state index in [4.69, 9.17) is 0 Å². The standard InChI is InChI=1S/C12H8BF3I.K/c14-13(15,16)11-5-1-9(2-6-11)10-3-7-12(17)8-4-10;/h1-8H;/q-1;+1. The molecule has 2 rings (SSSR count). The van der Waals surface area contributed by atoms with Gasteiger partial charge in [-0.1, -0.05) is 36.4 Å². The second-order valence-corrected chi connectivity index (χ2v) is 4.95. The third-order valence-electron chi connectivity index (χ3n) is 2.47. The van der Waals surface area contributed by atoms with Crippen LogP contribution in [0.4, 0.5) is 12.9 Å². The van der Waals surface area contributed by atoms with Crippen LogP contribution < -0.4 is 56.8 Å². The van der Waals surface area contributed by atoms with Crippen molar-refractivity contribution >= 4 is 35.0 Å². The van der Waals surface area contributed by atoms with Gasteiger partial charge < -0.3 is 12.9 Å². The van der Waals surface area contributed by atoms with Gasteiger partial charge in [0.25, 0.3) is 0 Å². The minimum atomic E-state index is -4.90. The van der Waals surface area contributed by atoms with Crippen LogP contribution in [-0.2, 0) is 0 Å². The van der Waals surface area contributed by atoms with Crippen LogP contribution in [-0.4, -0.2) is 6.98 Å². The average Bonchev–Trinajstić information content (AvgIpc) is 2.29. The van der Waals surface area contributed by atoms with Gasteiger partial charge in [-0.15, -0.1) is 5.46 Å². The summed E-state index contributed by atoms with van der Waals surface area (Å²) in [6, 6.07) is 12.9. The van der Waals surface area contributed by atoms with E-state index in [1.807, 2.05) is 24.3 Å². The molecule has 0 aliphatic heterocycles. The summed E-state index contributed by atoms with van der Waals surface area (Å²) >= 11 is 2.19. The third kappa shape index (κ3) is 4.35. The Labute approximate surface area is 160 Å². The summed E-state index contributed by atoms with van der Waals surface area (Å²) in [5.74, 6) is 0. The van der Waals surface area contributed by atoms with E-state index in [1.165, 1.54) is 12.1 Å². The minimum Gasteiger partial charge on any atom is -0.445 e. The Balaban J connectivity index is 0.00000162. The number of halogens is 4. The maximum atomic E-state index is 12.4. The molecule has 0 aromatic heterocycles. The monoisotopic (exact) mass is 386 g/mol. The molecule has 0 heterocycles. The second kappa shape index (κ2) is 6.90. The van der Waals surface area contributed by atoms with E-state index in [0.717, 1.165) is 26.8 Å². The topological polar surface area (TPSA) is 0 Å². The van der Waals surface area contributed by atoms with E-state index in [1.54, 1.807) is 0 Å². The van der Waals surface area contributed by atoms with Crippen LogP contribution in [0.3, 0.4) is 0 Å². The molecule has 2 aromatic carbocycles. The van der Waals surface area contributed by atoms with Crippen molar-refractivity contribution in [2.75, 3.05) is 0 Å². The first-order chi connectivity index (χ1) is 7.97. The molecule has 0 aliphatic rings. The first kappa shape index (κ1) is 16.7. The van der Waals surface area contributed by atoms with Crippen LogP contribution in [0, 0.1) is 3.57 Å². The number of benzene rings is 2. The fourth-order valence-electron chi connectivity index (χ4n) is 1.54. The summed E-state index contributed by atoms with van der Waals surface area (Å²) in [4.78, 5) is 0. The van der Waals surface area contributed by atoms with Gasteiger partial charge in [-0.2, -0.15) is 0 Å². The van der Waals surface area contributed by atoms with Crippen LogP contribution in [0.15, 0.2) is 48.5 Å². The van der Waals surface area contributed by atoms with Gasteiger partial charge in [-0.3, -0.25) is 0 Å². The summed E-state index contributed by atoms with van der Waals surface area (Å²) in [6.45, 7) is -4.90. The fourth-order valence-corrected chi connectivity index (χ4v) is 1.90. The first-order valence-corrected chi connectivity index (χ1v) is 6.10. The predicted molar refractivity (Wildman–Crippen MR) is 73.3 cm³/mol. The quantitative estimate of drug-likeness (QED) is 0.535. The molecule has 0 nitrogen and oxygen atoms in total. The van der Waals surface area contributed by atoms with Crippen molar-refractivity contribution in [3.05, 3.63) is 52.1 Å². The maximum absolute atomic E-state index is 12.4. The Morgan fingerprint density at radius 2 is 1.11 bits per heavy atom. The predicted octanol–water partition coefficient (Wildman–Crippen LogP) is 1.02. The van der Waals surface area contributed by atoms with Gasteiger partial charge in [0.2, 0.25) is 0 Å². The van der Waals surface area contributed by atoms with Gasteiger partial charge in [-0.05, 0) is 45.9 Å². The molecule has 0 saturated carbocycles. The second-order valence-electron chi connectivity index (χ2n) is 3.70. The zero-order valence-electron chi connectivity index (χ0n) is 9.71. The van der Waals surface area contributed by atoms with E-state index in [0.29, 0.717) is 0 Å². The molecule has 0 fully saturated rings. The average molecular weight is 386 g/mol. The Kier molecular flexibility index (Phi) is 6.40. The Bertz CT molecular complexity index is 508. The van der Waals surface area contributed by atoms with Crippen molar-refractivity contribution in [1.82, 2.24) is 0 Å². The Hall–Kier alpha value is 0.661. The van der Waals surface area contributed by atoms with Crippen LogP contribution in [0.5, 0.6) is 0 Å². The van der Waals surface area contributed by atoms with Crippen molar-refractivity contribution < 1.29 is 64.3 Å². The van der Waals surface area contributed by atoms with E-state index >= 15 is 0 Å². The van der Waals surface area contributed by atoms with Crippen LogP contribution in [0.25, 0.3) is 11.1 Å². The molecule has 0 saturated heterocycles. The summed E-state index contributed by atoms with van der Waals surface area (Å²) in [5.41, 5.74) is 1.16. The van der Waals surface area contributed by atoms with E-state index in [9.17, 15) is 12.9 Å². The SMILES string of the molecule is F[B-](F)(F)c1ccc(-c2ccc(I)cc2)cc1.[K+]. The molecule has 0 atom stereocenters. The number of hydrogen-bond acceptors (Lipinski definition) is 0. The molecule has 18 heavy (non-hydrogen) atoms. The molecular formula is C12H8BF3IK. The molecule has 0 N–H and O–H groups in total. The van der Waals surface area contributed by atoms with Gasteiger partial charge in [0.15, 0.2) is 0 Å². The van der Waals surface area contributed by atoms with Crippen molar-refractivity contribution in [2.24, 2.45) is 0 Å². The first-order valence-electron chi connectivity index (χ1n) is 5.03. The van der Waals surface area contributed by atoms with Crippen molar-refractivity contribution in [3.8, 4) is 11.1 Å². The number of rotatable bonds is 2. The largest absolute Gasteiger partial charge is 1.00 e. The van der Waals surface area contributed by atoms with Crippen molar-refractivity contribution in [3.63, 3.8) is 0 Å². The minimum absolute atomic E-state index is 0. The summed E-state index contributed by atoms with van der Waals surface area (Å²) in [5, 5.41) is 0. The van der Waals surface area contributed by atoms with Gasteiger partial charge in [0.1, 0.15) is 0 Å². The molecule has 2 aromatic rings. The van der Waals surface area contributed by atoms with Gasteiger partial charge >= 0.3 is 58.4 Å². The van der Waals surface area contributed by atoms with Crippen LogP contribution in [0.2, 0.25) is 0 Å². The van der Waals surface area contributed by atoms with Gasteiger partial charge in [0.05, 0.1) is 0 Å². The summed E-state index contributed by atoms with van der Waals surface area (Å²) in [6.07, 6.45) is 0. The van der Waals surface area contributed by atoms with Crippen molar-refractivity contribution in [2.45, 2.75) is 0 Å². The summed E-state index contributed by atoms with van der Waals surface area (Å²) in [7, 11) is 0. The zero-order chi connectivity index (χ0) is 12.5. The molecule has 6 heteroatoms. The van der Waals surface area contributed by atoms with Crippen molar-refractivity contribution in [1.29, 1.82) is 0 Å². The van der Waals surface area contributed by atoms with E-state index in [2.05, 4.69) is 22.6 Å². The molecule has 0 spiro atoms. The van der Waals surface area contributed by atoms with Crippen LogP contribution >= 0.6 is 22.6 Å². The van der Waals surface area contributed by atoms with E-state index < -0.39 is 12.4 Å². The van der Waals surface area contributed by atoms with E-state index in [-0.39, 0.29) is 51.4 Å². The number of hydrogen-bond donors (Lipinski definition) is 0. The molecular weight excluding hydrogens is 378 g/mol. The molecule has 88 valence electrons. The van der Waals surface area contributed by atoms with Gasteiger partial charge in [0, 0.05) is 3.57 Å². The summed E-state index contributed by atoms with van der Waals surface area (Å²) < 4.78 is 38.4. The molecule has 0 amide bonds. The molecule has 0 aliphatic carbocycles. The maximum Gasteiger partial charge on any atom is 1.00 e. The van der Waals surface area contributed by atoms with Crippen LogP contribution in [0.1, 0.15) is 0 Å². The normalized spacial score (nSPS) is 10.9. The van der Waals surface area contributed by atoms with Gasteiger partial charge in [-0.25, -0.2) is 0 Å². The molecule has 0 bridgehead atoms. The Morgan fingerprint density at radius 1 is 0.722 bits per heavy atom. The molecule has 0 radical (unpaired) electrons.